The maximum Gasteiger partial charge on any atom is 0.251 e. The Morgan fingerprint density at radius 3 is 2.45 bits per heavy atom. The summed E-state index contributed by atoms with van der Waals surface area (Å²) < 4.78 is 0.916. The number of rotatable bonds is 6. The van der Waals surface area contributed by atoms with Gasteiger partial charge in [0.15, 0.2) is 0 Å². The lowest BCUT2D eigenvalue weighted by atomic mass is 10.2. The van der Waals surface area contributed by atoms with E-state index in [9.17, 15) is 9.59 Å². The molecule has 0 spiro atoms. The Kier molecular flexibility index (Phi) is 9.20. The van der Waals surface area contributed by atoms with Gasteiger partial charge in [0.05, 0.1) is 0 Å². The minimum absolute atomic E-state index is 0. The summed E-state index contributed by atoms with van der Waals surface area (Å²) in [5, 5.41) is 5.42. The van der Waals surface area contributed by atoms with Crippen LogP contribution < -0.4 is 16.4 Å². The van der Waals surface area contributed by atoms with E-state index in [1.165, 1.54) is 0 Å². The third-order valence-electron chi connectivity index (χ3n) is 2.50. The molecule has 2 amide bonds. The maximum atomic E-state index is 11.7. The molecule has 1 atom stereocenters. The molecule has 0 aliphatic heterocycles. The summed E-state index contributed by atoms with van der Waals surface area (Å²) in [6.07, 6.45) is 0.243. The van der Waals surface area contributed by atoms with Gasteiger partial charge in [0.1, 0.15) is 0 Å². The Bertz CT molecular complexity index is 440. The van der Waals surface area contributed by atoms with E-state index in [2.05, 4.69) is 26.6 Å². The lowest BCUT2D eigenvalue weighted by Crippen LogP contribution is -2.39. The zero-order valence-electron chi connectivity index (χ0n) is 11.2. The minimum atomic E-state index is -0.188. The number of carbonyl (C=O) groups excluding carboxylic acids is 2. The lowest BCUT2D eigenvalue weighted by Gasteiger charge is -2.11. The summed E-state index contributed by atoms with van der Waals surface area (Å²) in [5.74, 6) is -0.304. The number of amides is 2. The van der Waals surface area contributed by atoms with Crippen molar-refractivity contribution in [2.75, 3.05) is 13.1 Å². The molecular weight excluding hydrogens is 346 g/mol. The third kappa shape index (κ3) is 6.88. The van der Waals surface area contributed by atoms with Gasteiger partial charge >= 0.3 is 0 Å². The molecule has 7 heteroatoms. The molecule has 5 nitrogen and oxygen atoms in total. The molecule has 0 aromatic heterocycles. The molecule has 0 radical (unpaired) electrons. The van der Waals surface area contributed by atoms with E-state index in [1.807, 2.05) is 6.92 Å². The molecular formula is C13H19BrClN3O2. The van der Waals surface area contributed by atoms with Crippen LogP contribution in [0.15, 0.2) is 28.7 Å². The molecule has 0 bridgehead atoms. The van der Waals surface area contributed by atoms with Crippen molar-refractivity contribution >= 4 is 40.2 Å². The number of halogens is 2. The Balaban J connectivity index is 0.00000361. The van der Waals surface area contributed by atoms with Crippen molar-refractivity contribution in [2.45, 2.75) is 19.4 Å². The fraction of sp³-hybridized carbons (Fsp3) is 0.385. The molecule has 1 aromatic carbocycles. The first-order valence-corrected chi connectivity index (χ1v) is 6.85. The number of carbonyl (C=O) groups is 2. The van der Waals surface area contributed by atoms with Gasteiger partial charge in [-0.1, -0.05) is 15.9 Å². The lowest BCUT2D eigenvalue weighted by molar-refractivity contribution is -0.121. The predicted molar refractivity (Wildman–Crippen MR) is 85.0 cm³/mol. The summed E-state index contributed by atoms with van der Waals surface area (Å²) in [6, 6.07) is 6.98. The van der Waals surface area contributed by atoms with E-state index in [-0.39, 0.29) is 36.7 Å². The van der Waals surface area contributed by atoms with E-state index >= 15 is 0 Å². The van der Waals surface area contributed by atoms with Gasteiger partial charge in [0.2, 0.25) is 5.91 Å². The highest BCUT2D eigenvalue weighted by molar-refractivity contribution is 9.10. The van der Waals surface area contributed by atoms with Crippen LogP contribution in [-0.4, -0.2) is 30.9 Å². The average Bonchev–Trinajstić information content (AvgIpc) is 2.39. The smallest absolute Gasteiger partial charge is 0.251 e. The van der Waals surface area contributed by atoms with Gasteiger partial charge < -0.3 is 16.4 Å². The van der Waals surface area contributed by atoms with Crippen LogP contribution in [0.2, 0.25) is 0 Å². The van der Waals surface area contributed by atoms with Crippen molar-refractivity contribution in [1.82, 2.24) is 10.6 Å². The summed E-state index contributed by atoms with van der Waals surface area (Å²) in [4.78, 5) is 23.2. The van der Waals surface area contributed by atoms with Gasteiger partial charge in [-0.15, -0.1) is 12.4 Å². The monoisotopic (exact) mass is 363 g/mol. The van der Waals surface area contributed by atoms with Gasteiger partial charge in [0.25, 0.3) is 5.91 Å². The normalized spacial score (nSPS) is 11.2. The van der Waals surface area contributed by atoms with Crippen molar-refractivity contribution in [2.24, 2.45) is 5.73 Å². The fourth-order valence-electron chi connectivity index (χ4n) is 1.40. The van der Waals surface area contributed by atoms with Crippen LogP contribution >= 0.6 is 28.3 Å². The van der Waals surface area contributed by atoms with Crippen molar-refractivity contribution in [1.29, 1.82) is 0 Å². The van der Waals surface area contributed by atoms with Gasteiger partial charge in [-0.2, -0.15) is 0 Å². The number of nitrogens with two attached hydrogens (primary N) is 1. The van der Waals surface area contributed by atoms with Crippen LogP contribution in [0.1, 0.15) is 23.7 Å². The molecule has 1 aromatic rings. The topological polar surface area (TPSA) is 84.2 Å². The maximum absolute atomic E-state index is 11.7. The molecule has 20 heavy (non-hydrogen) atoms. The molecule has 4 N–H and O–H groups in total. The Morgan fingerprint density at radius 2 is 1.90 bits per heavy atom. The highest BCUT2D eigenvalue weighted by Gasteiger charge is 2.08. The Morgan fingerprint density at radius 1 is 1.30 bits per heavy atom. The van der Waals surface area contributed by atoms with Crippen molar-refractivity contribution in [3.05, 3.63) is 34.3 Å². The predicted octanol–water partition coefficient (Wildman–Crippen LogP) is 1.45. The average molecular weight is 365 g/mol. The summed E-state index contributed by atoms with van der Waals surface area (Å²) in [6.45, 7) is 2.54. The molecule has 112 valence electrons. The summed E-state index contributed by atoms with van der Waals surface area (Å²) >= 11 is 3.30. The zero-order chi connectivity index (χ0) is 14.3. The molecule has 0 saturated heterocycles. The second kappa shape index (κ2) is 9.74. The van der Waals surface area contributed by atoms with Crippen LogP contribution in [0.3, 0.4) is 0 Å². The first-order valence-electron chi connectivity index (χ1n) is 6.06. The number of benzene rings is 1. The second-order valence-electron chi connectivity index (χ2n) is 4.22. The number of hydrogen-bond donors (Lipinski definition) is 3. The largest absolute Gasteiger partial charge is 0.352 e. The Hall–Kier alpha value is -1.11. The van der Waals surface area contributed by atoms with E-state index in [1.54, 1.807) is 24.3 Å². The van der Waals surface area contributed by atoms with E-state index in [4.69, 9.17) is 5.73 Å². The van der Waals surface area contributed by atoms with Crippen molar-refractivity contribution in [3.8, 4) is 0 Å². The quantitative estimate of drug-likeness (QED) is 0.714. The van der Waals surface area contributed by atoms with Crippen LogP contribution in [0, 0.1) is 0 Å². The fourth-order valence-corrected chi connectivity index (χ4v) is 1.66. The Labute approximate surface area is 133 Å². The first-order chi connectivity index (χ1) is 9.02. The highest BCUT2D eigenvalue weighted by Crippen LogP contribution is 2.10. The minimum Gasteiger partial charge on any atom is -0.352 e. The molecule has 0 aliphatic rings. The number of nitrogens with one attached hydrogen (secondary N) is 2. The molecule has 0 fully saturated rings. The highest BCUT2D eigenvalue weighted by atomic mass is 79.9. The SMILES string of the molecule is C[C@@H](CN)NC(=O)CCNC(=O)c1ccc(Br)cc1.Cl. The summed E-state index contributed by atoms with van der Waals surface area (Å²) in [7, 11) is 0. The molecule has 1 rings (SSSR count). The molecule has 0 heterocycles. The molecule has 0 saturated carbocycles. The van der Waals surface area contributed by atoms with E-state index in [0.29, 0.717) is 18.7 Å². The van der Waals surface area contributed by atoms with Gasteiger partial charge in [-0.25, -0.2) is 0 Å². The summed E-state index contributed by atoms with van der Waals surface area (Å²) in [5.41, 5.74) is 5.97. The standard InChI is InChI=1S/C13H18BrN3O2.ClH/c1-9(8-15)17-12(18)6-7-16-13(19)10-2-4-11(14)5-3-10;/h2-5,9H,6-8,15H2,1H3,(H,16,19)(H,17,18);1H/t9-;/m0./s1. The van der Waals surface area contributed by atoms with E-state index in [0.717, 1.165) is 4.47 Å². The first kappa shape index (κ1) is 18.9. The zero-order valence-corrected chi connectivity index (χ0v) is 13.6. The van der Waals surface area contributed by atoms with Crippen LogP contribution in [0.4, 0.5) is 0 Å². The van der Waals surface area contributed by atoms with Crippen LogP contribution in [-0.2, 0) is 4.79 Å². The molecule has 0 unspecified atom stereocenters. The van der Waals surface area contributed by atoms with Gasteiger partial charge in [-0.05, 0) is 31.2 Å². The van der Waals surface area contributed by atoms with Crippen LogP contribution in [0.5, 0.6) is 0 Å². The number of hydrogen-bond acceptors (Lipinski definition) is 3. The molecule has 0 aliphatic carbocycles. The third-order valence-corrected chi connectivity index (χ3v) is 3.03. The van der Waals surface area contributed by atoms with E-state index < -0.39 is 0 Å². The van der Waals surface area contributed by atoms with Crippen LogP contribution in [0.25, 0.3) is 0 Å². The van der Waals surface area contributed by atoms with Gasteiger partial charge in [0, 0.05) is 35.6 Å². The second-order valence-corrected chi connectivity index (χ2v) is 5.13. The van der Waals surface area contributed by atoms with Crippen molar-refractivity contribution in [3.63, 3.8) is 0 Å². The van der Waals surface area contributed by atoms with Gasteiger partial charge in [-0.3, -0.25) is 9.59 Å². The van der Waals surface area contributed by atoms with Crippen molar-refractivity contribution < 1.29 is 9.59 Å².